The molecule has 0 aliphatic carbocycles. The molecule has 29 heavy (non-hydrogen) atoms. The third-order valence-corrected chi connectivity index (χ3v) is 5.89. The molecule has 2 aromatic rings. The lowest BCUT2D eigenvalue weighted by Crippen LogP contribution is -2.41. The summed E-state index contributed by atoms with van der Waals surface area (Å²) < 4.78 is 0. The van der Waals surface area contributed by atoms with E-state index in [1.165, 1.54) is 29.7 Å². The predicted octanol–water partition coefficient (Wildman–Crippen LogP) is 2.57. The van der Waals surface area contributed by atoms with Gasteiger partial charge in [-0.15, -0.1) is 0 Å². The normalized spacial score (nSPS) is 17.1. The Morgan fingerprint density at radius 2 is 1.76 bits per heavy atom. The van der Waals surface area contributed by atoms with Crippen LogP contribution in [0.1, 0.15) is 30.0 Å². The van der Waals surface area contributed by atoms with Crippen molar-refractivity contribution in [3.63, 3.8) is 0 Å². The number of rotatable bonds is 5. The molecule has 0 aromatic heterocycles. The van der Waals surface area contributed by atoms with Crippen LogP contribution in [0.5, 0.6) is 0 Å². The quantitative estimate of drug-likeness (QED) is 0.768. The van der Waals surface area contributed by atoms with Gasteiger partial charge in [0.15, 0.2) is 0 Å². The third kappa shape index (κ3) is 4.43. The van der Waals surface area contributed by atoms with Crippen molar-refractivity contribution in [3.05, 3.63) is 59.7 Å². The molecule has 0 unspecified atom stereocenters. The van der Waals surface area contributed by atoms with Crippen LogP contribution in [-0.4, -0.2) is 49.9 Å². The van der Waals surface area contributed by atoms with Gasteiger partial charge in [-0.05, 0) is 61.7 Å². The van der Waals surface area contributed by atoms with E-state index < -0.39 is 11.8 Å². The Bertz CT molecular complexity index is 878. The van der Waals surface area contributed by atoms with Gasteiger partial charge in [0.25, 0.3) is 0 Å². The summed E-state index contributed by atoms with van der Waals surface area (Å²) in [5, 5.41) is 5.50. The molecule has 0 saturated carbocycles. The van der Waals surface area contributed by atoms with E-state index in [1.54, 1.807) is 12.1 Å². The molecule has 2 amide bonds. The molecule has 4 rings (SSSR count). The molecule has 6 heteroatoms. The standard InChI is InChI=1S/C23H28N4O2/c1-26-14-11-18-15-17(9-10-20(18)26)21(27-12-5-6-13-27)16-24-22(28)23(29)25-19-7-3-2-4-8-19/h2-4,7-10,15,21H,5-6,11-14,16H2,1H3,(H,24,28)(H,25,29)/t21-/m0/s1. The van der Waals surface area contributed by atoms with Gasteiger partial charge in [0.2, 0.25) is 0 Å². The largest absolute Gasteiger partial charge is 0.374 e. The van der Waals surface area contributed by atoms with Crippen LogP contribution >= 0.6 is 0 Å². The highest BCUT2D eigenvalue weighted by atomic mass is 16.2. The third-order valence-electron chi connectivity index (χ3n) is 5.89. The second kappa shape index (κ2) is 8.66. The van der Waals surface area contributed by atoms with Gasteiger partial charge >= 0.3 is 11.8 Å². The van der Waals surface area contributed by atoms with Gasteiger partial charge in [-0.1, -0.05) is 30.3 Å². The first-order valence-electron chi connectivity index (χ1n) is 10.3. The topological polar surface area (TPSA) is 64.7 Å². The fourth-order valence-corrected chi connectivity index (χ4v) is 4.28. The zero-order valence-corrected chi connectivity index (χ0v) is 16.9. The molecule has 152 valence electrons. The minimum atomic E-state index is -0.632. The highest BCUT2D eigenvalue weighted by molar-refractivity contribution is 6.39. The average molecular weight is 393 g/mol. The monoisotopic (exact) mass is 392 g/mol. The van der Waals surface area contributed by atoms with Gasteiger partial charge in [-0.3, -0.25) is 14.5 Å². The maximum atomic E-state index is 12.4. The molecule has 2 heterocycles. The number of benzene rings is 2. The molecule has 2 aromatic carbocycles. The summed E-state index contributed by atoms with van der Waals surface area (Å²) in [7, 11) is 2.12. The van der Waals surface area contributed by atoms with Crippen LogP contribution in [0.25, 0.3) is 0 Å². The number of likely N-dealkylation sites (N-methyl/N-ethyl adjacent to an activating group) is 1. The number of anilines is 2. The number of fused-ring (bicyclic) bond motifs is 1. The van der Waals surface area contributed by atoms with Crippen LogP contribution < -0.4 is 15.5 Å². The second-order valence-corrected chi connectivity index (χ2v) is 7.85. The van der Waals surface area contributed by atoms with Crippen molar-refractivity contribution >= 4 is 23.2 Å². The van der Waals surface area contributed by atoms with Crippen molar-refractivity contribution < 1.29 is 9.59 Å². The van der Waals surface area contributed by atoms with Crippen LogP contribution in [0.3, 0.4) is 0 Å². The number of carbonyl (C=O) groups excluding carboxylic acids is 2. The lowest BCUT2D eigenvalue weighted by molar-refractivity contribution is -0.136. The molecule has 0 radical (unpaired) electrons. The summed E-state index contributed by atoms with van der Waals surface area (Å²) in [6.45, 7) is 3.51. The number of hydrogen-bond donors (Lipinski definition) is 2. The van der Waals surface area contributed by atoms with Crippen molar-refractivity contribution in [2.75, 3.05) is 43.4 Å². The lowest BCUT2D eigenvalue weighted by atomic mass is 10.0. The SMILES string of the molecule is CN1CCc2cc([C@H](CNC(=O)C(=O)Nc3ccccc3)N3CCCC3)ccc21. The van der Waals surface area contributed by atoms with Crippen molar-refractivity contribution in [1.82, 2.24) is 10.2 Å². The Labute approximate surface area is 171 Å². The average Bonchev–Trinajstić information content (AvgIpc) is 3.39. The van der Waals surface area contributed by atoms with Crippen molar-refractivity contribution in [3.8, 4) is 0 Å². The lowest BCUT2D eigenvalue weighted by Gasteiger charge is -2.28. The fraction of sp³-hybridized carbons (Fsp3) is 0.391. The van der Waals surface area contributed by atoms with Gasteiger partial charge < -0.3 is 15.5 Å². The van der Waals surface area contributed by atoms with E-state index in [9.17, 15) is 9.59 Å². The van der Waals surface area contributed by atoms with Gasteiger partial charge in [-0.25, -0.2) is 0 Å². The molecule has 1 atom stereocenters. The minimum Gasteiger partial charge on any atom is -0.374 e. The zero-order valence-electron chi connectivity index (χ0n) is 16.9. The molecular weight excluding hydrogens is 364 g/mol. The molecule has 2 N–H and O–H groups in total. The Morgan fingerprint density at radius 3 is 2.52 bits per heavy atom. The van der Waals surface area contributed by atoms with Crippen LogP contribution in [0, 0.1) is 0 Å². The number of nitrogens with one attached hydrogen (secondary N) is 2. The van der Waals surface area contributed by atoms with E-state index in [0.29, 0.717) is 12.2 Å². The molecule has 1 fully saturated rings. The van der Waals surface area contributed by atoms with Crippen LogP contribution in [0.2, 0.25) is 0 Å². The van der Waals surface area contributed by atoms with E-state index in [1.807, 2.05) is 18.2 Å². The summed E-state index contributed by atoms with van der Waals surface area (Å²) in [5.41, 5.74) is 4.48. The molecule has 1 saturated heterocycles. The Morgan fingerprint density at radius 1 is 1.00 bits per heavy atom. The molecule has 2 aliphatic rings. The van der Waals surface area contributed by atoms with E-state index in [0.717, 1.165) is 26.1 Å². The van der Waals surface area contributed by atoms with Gasteiger partial charge in [-0.2, -0.15) is 0 Å². The maximum Gasteiger partial charge on any atom is 0.313 e. The Balaban J connectivity index is 1.44. The highest BCUT2D eigenvalue weighted by Gasteiger charge is 2.27. The number of nitrogens with zero attached hydrogens (tertiary/aromatic N) is 2. The summed E-state index contributed by atoms with van der Waals surface area (Å²) in [5.74, 6) is -1.23. The van der Waals surface area contributed by atoms with Gasteiger partial charge in [0.1, 0.15) is 0 Å². The van der Waals surface area contributed by atoms with Gasteiger partial charge in [0, 0.05) is 31.5 Å². The summed E-state index contributed by atoms with van der Waals surface area (Å²) in [4.78, 5) is 29.3. The molecular formula is C23H28N4O2. The number of likely N-dealkylation sites (tertiary alicyclic amines) is 1. The van der Waals surface area contributed by atoms with E-state index >= 15 is 0 Å². The van der Waals surface area contributed by atoms with Crippen LogP contribution in [0.15, 0.2) is 48.5 Å². The number of amides is 2. The van der Waals surface area contributed by atoms with E-state index in [2.05, 4.69) is 45.7 Å². The number of hydrogen-bond acceptors (Lipinski definition) is 4. The summed E-state index contributed by atoms with van der Waals surface area (Å²) in [6, 6.07) is 15.7. The smallest absolute Gasteiger partial charge is 0.313 e. The van der Waals surface area contributed by atoms with Crippen molar-refractivity contribution in [2.45, 2.75) is 25.3 Å². The first kappa shape index (κ1) is 19.5. The highest BCUT2D eigenvalue weighted by Crippen LogP contribution is 2.32. The first-order valence-corrected chi connectivity index (χ1v) is 10.3. The molecule has 6 nitrogen and oxygen atoms in total. The zero-order chi connectivity index (χ0) is 20.2. The maximum absolute atomic E-state index is 12.4. The van der Waals surface area contributed by atoms with Crippen molar-refractivity contribution in [2.24, 2.45) is 0 Å². The van der Waals surface area contributed by atoms with E-state index in [-0.39, 0.29) is 6.04 Å². The van der Waals surface area contributed by atoms with Crippen molar-refractivity contribution in [1.29, 1.82) is 0 Å². The van der Waals surface area contributed by atoms with Gasteiger partial charge in [0.05, 0.1) is 6.04 Å². The first-order chi connectivity index (χ1) is 14.1. The van der Waals surface area contributed by atoms with Crippen LogP contribution in [0.4, 0.5) is 11.4 Å². The predicted molar refractivity (Wildman–Crippen MR) is 115 cm³/mol. The fourth-order valence-electron chi connectivity index (χ4n) is 4.28. The van der Waals surface area contributed by atoms with Crippen LogP contribution in [-0.2, 0) is 16.0 Å². The summed E-state index contributed by atoms with van der Waals surface area (Å²) >= 11 is 0. The Hall–Kier alpha value is -2.86. The minimum absolute atomic E-state index is 0.0854. The summed E-state index contributed by atoms with van der Waals surface area (Å²) in [6.07, 6.45) is 3.40. The van der Waals surface area contributed by atoms with E-state index in [4.69, 9.17) is 0 Å². The number of para-hydroxylation sites is 1. The Kier molecular flexibility index (Phi) is 5.81. The molecule has 0 bridgehead atoms. The molecule has 0 spiro atoms. The molecule has 2 aliphatic heterocycles. The second-order valence-electron chi connectivity index (χ2n) is 7.85. The number of carbonyl (C=O) groups is 2.